The molecule has 2 aromatic heterocycles. The van der Waals surface area contributed by atoms with Gasteiger partial charge in [-0.1, -0.05) is 11.2 Å². The number of aliphatic imine (C=N–C) groups is 1. The van der Waals surface area contributed by atoms with Crippen LogP contribution in [0.4, 0.5) is 5.82 Å². The van der Waals surface area contributed by atoms with Crippen LogP contribution >= 0.6 is 24.0 Å². The number of guanidine groups is 1. The Morgan fingerprint density at radius 3 is 2.67 bits per heavy atom. The normalized spacial score (nSPS) is 15.4. The Labute approximate surface area is 177 Å². The van der Waals surface area contributed by atoms with E-state index in [1.807, 2.05) is 44.4 Å². The average Bonchev–Trinajstić information content (AvgIpc) is 3.17. The fraction of sp³-hybridized carbons (Fsp3) is 0.500. The molecule has 3 heterocycles. The molecule has 1 aliphatic heterocycles. The van der Waals surface area contributed by atoms with Crippen molar-refractivity contribution in [2.45, 2.75) is 13.1 Å². The van der Waals surface area contributed by atoms with Crippen molar-refractivity contribution in [2.75, 3.05) is 52.2 Å². The summed E-state index contributed by atoms with van der Waals surface area (Å²) in [6.45, 7) is 5.36. The van der Waals surface area contributed by atoms with Gasteiger partial charge in [0, 0.05) is 78.2 Å². The molecule has 8 nitrogen and oxygen atoms in total. The van der Waals surface area contributed by atoms with Gasteiger partial charge in [0.05, 0.1) is 5.69 Å². The minimum Gasteiger partial charge on any atom is -0.364 e. The van der Waals surface area contributed by atoms with Crippen LogP contribution in [0.25, 0.3) is 0 Å². The van der Waals surface area contributed by atoms with Gasteiger partial charge in [-0.2, -0.15) is 0 Å². The lowest BCUT2D eigenvalue weighted by molar-refractivity contribution is 0.169. The molecule has 0 aromatic carbocycles. The van der Waals surface area contributed by atoms with Crippen LogP contribution in [0, 0.1) is 0 Å². The van der Waals surface area contributed by atoms with Crippen LogP contribution < -0.4 is 10.2 Å². The van der Waals surface area contributed by atoms with Crippen LogP contribution in [0.2, 0.25) is 0 Å². The minimum atomic E-state index is 0. The van der Waals surface area contributed by atoms with Crippen LogP contribution in [0.3, 0.4) is 0 Å². The lowest BCUT2D eigenvalue weighted by Crippen LogP contribution is -2.52. The highest BCUT2D eigenvalue weighted by Gasteiger charge is 2.20. The summed E-state index contributed by atoms with van der Waals surface area (Å²) >= 11 is 0. The van der Waals surface area contributed by atoms with Crippen LogP contribution in [-0.4, -0.2) is 73.2 Å². The van der Waals surface area contributed by atoms with E-state index in [2.05, 4.69) is 36.3 Å². The summed E-state index contributed by atoms with van der Waals surface area (Å²) in [4.78, 5) is 15.6. The van der Waals surface area contributed by atoms with Gasteiger partial charge < -0.3 is 19.6 Å². The number of hydrogen-bond donors (Lipinski definition) is 1. The molecule has 0 spiro atoms. The van der Waals surface area contributed by atoms with E-state index >= 15 is 0 Å². The largest absolute Gasteiger partial charge is 0.364 e. The van der Waals surface area contributed by atoms with Crippen molar-refractivity contribution in [3.8, 4) is 0 Å². The zero-order valence-electron chi connectivity index (χ0n) is 16.1. The molecule has 0 bridgehead atoms. The molecule has 0 unspecified atom stereocenters. The molecule has 0 radical (unpaired) electrons. The summed E-state index contributed by atoms with van der Waals surface area (Å²) in [5, 5.41) is 7.46. The topological polar surface area (TPSA) is 73.0 Å². The molecular formula is C18H28IN7O. The fourth-order valence-corrected chi connectivity index (χ4v) is 3.14. The Balaban J connectivity index is 0.00000261. The standard InChI is InChI=1S/C18H27N7O.HI/c1-19-18(21-13-15-5-4-7-20-17(15)23(2)3)25-10-8-24(9-11-25)14-16-6-12-26-22-16;/h4-7,12H,8-11,13-14H2,1-3H3,(H,19,21);1H. The van der Waals surface area contributed by atoms with E-state index in [0.29, 0.717) is 6.54 Å². The lowest BCUT2D eigenvalue weighted by atomic mass is 10.2. The summed E-state index contributed by atoms with van der Waals surface area (Å²) in [5.74, 6) is 1.91. The first-order valence-corrected chi connectivity index (χ1v) is 8.86. The fourth-order valence-electron chi connectivity index (χ4n) is 3.14. The van der Waals surface area contributed by atoms with Gasteiger partial charge in [0.15, 0.2) is 5.96 Å². The molecule has 2 aromatic rings. The third-order valence-corrected chi connectivity index (χ3v) is 4.49. The smallest absolute Gasteiger partial charge is 0.194 e. The molecule has 1 aliphatic rings. The Bertz CT molecular complexity index is 712. The second kappa shape index (κ2) is 10.5. The van der Waals surface area contributed by atoms with E-state index in [4.69, 9.17) is 4.52 Å². The average molecular weight is 485 g/mol. The Hall–Kier alpha value is -1.88. The van der Waals surface area contributed by atoms with Gasteiger partial charge in [0.2, 0.25) is 0 Å². The number of anilines is 1. The van der Waals surface area contributed by atoms with Crippen molar-refractivity contribution in [1.82, 2.24) is 25.3 Å². The van der Waals surface area contributed by atoms with Gasteiger partial charge in [0.25, 0.3) is 0 Å². The second-order valence-electron chi connectivity index (χ2n) is 6.54. The third-order valence-electron chi connectivity index (χ3n) is 4.49. The van der Waals surface area contributed by atoms with Crippen molar-refractivity contribution in [2.24, 2.45) is 4.99 Å². The highest BCUT2D eigenvalue weighted by Crippen LogP contribution is 2.14. The maximum Gasteiger partial charge on any atom is 0.194 e. The second-order valence-corrected chi connectivity index (χ2v) is 6.54. The maximum absolute atomic E-state index is 4.91. The van der Waals surface area contributed by atoms with E-state index in [0.717, 1.165) is 55.8 Å². The van der Waals surface area contributed by atoms with Crippen LogP contribution in [0.5, 0.6) is 0 Å². The Morgan fingerprint density at radius 1 is 1.26 bits per heavy atom. The number of piperazine rings is 1. The lowest BCUT2D eigenvalue weighted by Gasteiger charge is -2.36. The number of aromatic nitrogens is 2. The number of pyridine rings is 1. The van der Waals surface area contributed by atoms with Gasteiger partial charge >= 0.3 is 0 Å². The molecule has 148 valence electrons. The van der Waals surface area contributed by atoms with Crippen molar-refractivity contribution >= 4 is 35.8 Å². The predicted molar refractivity (Wildman–Crippen MR) is 118 cm³/mol. The molecule has 1 saturated heterocycles. The highest BCUT2D eigenvalue weighted by atomic mass is 127. The quantitative estimate of drug-likeness (QED) is 0.392. The van der Waals surface area contributed by atoms with Gasteiger partial charge in [-0.15, -0.1) is 24.0 Å². The van der Waals surface area contributed by atoms with Gasteiger partial charge in [0.1, 0.15) is 12.1 Å². The van der Waals surface area contributed by atoms with Crippen molar-refractivity contribution < 1.29 is 4.52 Å². The maximum atomic E-state index is 4.91. The van der Waals surface area contributed by atoms with E-state index in [1.165, 1.54) is 0 Å². The summed E-state index contributed by atoms with van der Waals surface area (Å²) in [6, 6.07) is 5.98. The molecule has 0 amide bonds. The van der Waals surface area contributed by atoms with Gasteiger partial charge in [-0.25, -0.2) is 4.98 Å². The molecule has 9 heteroatoms. The summed E-state index contributed by atoms with van der Waals surface area (Å²) in [7, 11) is 5.85. The Morgan fingerprint density at radius 2 is 2.04 bits per heavy atom. The van der Waals surface area contributed by atoms with E-state index in [1.54, 1.807) is 6.26 Å². The van der Waals surface area contributed by atoms with Crippen molar-refractivity contribution in [1.29, 1.82) is 0 Å². The summed E-state index contributed by atoms with van der Waals surface area (Å²) in [5.41, 5.74) is 2.14. The molecule has 0 aliphatic carbocycles. The summed E-state index contributed by atoms with van der Waals surface area (Å²) < 4.78 is 4.91. The SMILES string of the molecule is CN=C(NCc1cccnc1N(C)C)N1CCN(Cc2ccon2)CC1.I. The van der Waals surface area contributed by atoms with Crippen molar-refractivity contribution in [3.05, 3.63) is 41.9 Å². The molecule has 0 saturated carbocycles. The number of halogens is 1. The number of nitrogens with zero attached hydrogens (tertiary/aromatic N) is 6. The van der Waals surface area contributed by atoms with E-state index in [9.17, 15) is 0 Å². The number of rotatable bonds is 5. The van der Waals surface area contributed by atoms with Crippen LogP contribution in [0.15, 0.2) is 40.2 Å². The van der Waals surface area contributed by atoms with E-state index in [-0.39, 0.29) is 24.0 Å². The highest BCUT2D eigenvalue weighted by molar-refractivity contribution is 14.0. The van der Waals surface area contributed by atoms with Gasteiger partial charge in [-0.3, -0.25) is 9.89 Å². The first-order valence-electron chi connectivity index (χ1n) is 8.86. The molecule has 27 heavy (non-hydrogen) atoms. The molecular weight excluding hydrogens is 457 g/mol. The number of hydrogen-bond acceptors (Lipinski definition) is 6. The zero-order chi connectivity index (χ0) is 18.4. The van der Waals surface area contributed by atoms with Crippen molar-refractivity contribution in [3.63, 3.8) is 0 Å². The number of nitrogens with one attached hydrogen (secondary N) is 1. The van der Waals surface area contributed by atoms with Crippen LogP contribution in [-0.2, 0) is 13.1 Å². The molecule has 0 atom stereocenters. The van der Waals surface area contributed by atoms with E-state index < -0.39 is 0 Å². The molecule has 3 rings (SSSR count). The summed E-state index contributed by atoms with van der Waals surface area (Å²) in [6.07, 6.45) is 3.44. The Kier molecular flexibility index (Phi) is 8.29. The zero-order valence-corrected chi connectivity index (χ0v) is 18.5. The monoisotopic (exact) mass is 485 g/mol. The third kappa shape index (κ3) is 5.80. The first-order chi connectivity index (χ1) is 12.7. The first kappa shape index (κ1) is 21.4. The minimum absolute atomic E-state index is 0. The molecule has 1 N–H and O–H groups in total. The van der Waals surface area contributed by atoms with Crippen LogP contribution in [0.1, 0.15) is 11.3 Å². The predicted octanol–water partition coefficient (Wildman–Crippen LogP) is 1.65. The van der Waals surface area contributed by atoms with Gasteiger partial charge in [-0.05, 0) is 6.07 Å². The molecule has 1 fully saturated rings.